The van der Waals surface area contributed by atoms with Crippen LogP contribution >= 0.6 is 0 Å². The van der Waals surface area contributed by atoms with Gasteiger partial charge in [-0.3, -0.25) is 9.59 Å². The third kappa shape index (κ3) is 2.95. The van der Waals surface area contributed by atoms with Gasteiger partial charge in [0, 0.05) is 23.9 Å². The number of hydrogen-bond donors (Lipinski definition) is 2. The zero-order valence-corrected chi connectivity index (χ0v) is 11.8. The topological polar surface area (TPSA) is 84.2 Å². The first-order valence-corrected chi connectivity index (χ1v) is 6.64. The monoisotopic (exact) mass is 295 g/mol. The summed E-state index contributed by atoms with van der Waals surface area (Å²) in [5.74, 6) is -0.433. The lowest BCUT2D eigenvalue weighted by atomic mass is 10.2. The number of nitrogens with one attached hydrogen (secondary N) is 2. The zero-order valence-electron chi connectivity index (χ0n) is 11.8. The van der Waals surface area contributed by atoms with Crippen molar-refractivity contribution in [3.05, 3.63) is 54.4 Å². The molecule has 0 saturated heterocycles. The van der Waals surface area contributed by atoms with Crippen LogP contribution in [0.2, 0.25) is 0 Å². The molecule has 3 aromatic rings. The van der Waals surface area contributed by atoms with Gasteiger partial charge >= 0.3 is 0 Å². The quantitative estimate of drug-likeness (QED) is 0.777. The normalized spacial score (nSPS) is 10.4. The Kier molecular flexibility index (Phi) is 3.57. The van der Waals surface area contributed by atoms with E-state index in [4.69, 9.17) is 4.42 Å². The Hall–Kier alpha value is -3.15. The molecule has 6 nitrogen and oxygen atoms in total. The lowest BCUT2D eigenvalue weighted by Gasteiger charge is -2.07. The van der Waals surface area contributed by atoms with Crippen molar-refractivity contribution in [2.24, 2.45) is 0 Å². The van der Waals surface area contributed by atoms with Crippen molar-refractivity contribution in [1.82, 2.24) is 4.98 Å². The third-order valence-electron chi connectivity index (χ3n) is 3.03. The fourth-order valence-corrected chi connectivity index (χ4v) is 2.08. The molecule has 6 heteroatoms. The number of rotatable bonds is 3. The van der Waals surface area contributed by atoms with E-state index in [-0.39, 0.29) is 11.8 Å². The van der Waals surface area contributed by atoms with Crippen LogP contribution in [0.1, 0.15) is 17.3 Å². The lowest BCUT2D eigenvalue weighted by Crippen LogP contribution is -2.12. The summed E-state index contributed by atoms with van der Waals surface area (Å²) in [5.41, 5.74) is 2.93. The molecule has 0 spiro atoms. The Balaban J connectivity index is 1.79. The fraction of sp³-hybridized carbons (Fsp3) is 0.0625. The molecule has 2 aromatic carbocycles. The number of anilines is 2. The summed E-state index contributed by atoms with van der Waals surface area (Å²) >= 11 is 0. The molecule has 3 rings (SSSR count). The second kappa shape index (κ2) is 5.69. The van der Waals surface area contributed by atoms with E-state index in [0.717, 1.165) is 0 Å². The van der Waals surface area contributed by atoms with E-state index in [9.17, 15) is 9.59 Å². The number of fused-ring (bicyclic) bond motifs is 1. The van der Waals surface area contributed by atoms with Crippen molar-refractivity contribution in [2.75, 3.05) is 10.6 Å². The van der Waals surface area contributed by atoms with Crippen molar-refractivity contribution in [3.63, 3.8) is 0 Å². The molecule has 0 aliphatic carbocycles. The minimum absolute atomic E-state index is 0.167. The maximum Gasteiger partial charge on any atom is 0.255 e. The van der Waals surface area contributed by atoms with Gasteiger partial charge in [0.25, 0.3) is 5.91 Å². The van der Waals surface area contributed by atoms with E-state index < -0.39 is 0 Å². The van der Waals surface area contributed by atoms with E-state index in [1.165, 1.54) is 13.3 Å². The molecule has 22 heavy (non-hydrogen) atoms. The number of carbonyl (C=O) groups is 2. The predicted molar refractivity (Wildman–Crippen MR) is 82.7 cm³/mol. The predicted octanol–water partition coefficient (Wildman–Crippen LogP) is 3.04. The van der Waals surface area contributed by atoms with Crippen LogP contribution in [0.25, 0.3) is 11.1 Å². The van der Waals surface area contributed by atoms with Gasteiger partial charge in [0.1, 0.15) is 5.52 Å². The summed E-state index contributed by atoms with van der Waals surface area (Å²) < 4.78 is 5.18. The molecule has 1 heterocycles. The smallest absolute Gasteiger partial charge is 0.255 e. The van der Waals surface area contributed by atoms with Gasteiger partial charge in [-0.2, -0.15) is 0 Å². The SMILES string of the molecule is CC(=O)Nc1cccc(NC(=O)c2ccc3ncoc3c2)c1. The molecule has 0 fully saturated rings. The second-order valence-electron chi connectivity index (χ2n) is 4.75. The van der Waals surface area contributed by atoms with E-state index >= 15 is 0 Å². The van der Waals surface area contributed by atoms with Gasteiger partial charge in [-0.25, -0.2) is 4.98 Å². The van der Waals surface area contributed by atoms with Crippen molar-refractivity contribution >= 4 is 34.3 Å². The summed E-state index contributed by atoms with van der Waals surface area (Å²) in [5, 5.41) is 5.44. The summed E-state index contributed by atoms with van der Waals surface area (Å²) in [6.07, 6.45) is 1.34. The summed E-state index contributed by atoms with van der Waals surface area (Å²) in [7, 11) is 0. The Morgan fingerprint density at radius 2 is 1.82 bits per heavy atom. The fourth-order valence-electron chi connectivity index (χ4n) is 2.08. The molecule has 1 aromatic heterocycles. The van der Waals surface area contributed by atoms with Crippen LogP contribution in [0.15, 0.2) is 53.3 Å². The number of aromatic nitrogens is 1. The van der Waals surface area contributed by atoms with E-state index in [1.807, 2.05) is 0 Å². The van der Waals surface area contributed by atoms with E-state index in [0.29, 0.717) is 28.0 Å². The summed E-state index contributed by atoms with van der Waals surface area (Å²) in [4.78, 5) is 27.3. The van der Waals surface area contributed by atoms with Gasteiger partial charge in [0.05, 0.1) is 0 Å². The van der Waals surface area contributed by atoms with Gasteiger partial charge < -0.3 is 15.1 Å². The van der Waals surface area contributed by atoms with Crippen LogP contribution in [-0.4, -0.2) is 16.8 Å². The standard InChI is InChI=1S/C16H13N3O3/c1-10(20)18-12-3-2-4-13(8-12)19-16(21)11-5-6-14-15(7-11)22-9-17-14/h2-9H,1H3,(H,18,20)(H,19,21). The van der Waals surface area contributed by atoms with Crippen LogP contribution in [0.4, 0.5) is 11.4 Å². The highest BCUT2D eigenvalue weighted by atomic mass is 16.3. The van der Waals surface area contributed by atoms with Crippen molar-refractivity contribution in [3.8, 4) is 0 Å². The molecule has 0 radical (unpaired) electrons. The highest BCUT2D eigenvalue weighted by Crippen LogP contribution is 2.18. The van der Waals surface area contributed by atoms with Crippen LogP contribution < -0.4 is 10.6 Å². The molecule has 110 valence electrons. The third-order valence-corrected chi connectivity index (χ3v) is 3.03. The van der Waals surface area contributed by atoms with Crippen molar-refractivity contribution in [1.29, 1.82) is 0 Å². The molecular weight excluding hydrogens is 282 g/mol. The molecule has 0 unspecified atom stereocenters. The molecule has 0 atom stereocenters. The van der Waals surface area contributed by atoms with Gasteiger partial charge in [-0.15, -0.1) is 0 Å². The molecule has 2 amide bonds. The van der Waals surface area contributed by atoms with Crippen LogP contribution in [0.3, 0.4) is 0 Å². The lowest BCUT2D eigenvalue weighted by molar-refractivity contribution is -0.114. The zero-order chi connectivity index (χ0) is 15.5. The average molecular weight is 295 g/mol. The Morgan fingerprint density at radius 1 is 1.05 bits per heavy atom. The first-order valence-electron chi connectivity index (χ1n) is 6.64. The maximum absolute atomic E-state index is 12.3. The number of oxazole rings is 1. The van der Waals surface area contributed by atoms with Crippen LogP contribution in [0, 0.1) is 0 Å². The molecule has 0 bridgehead atoms. The van der Waals surface area contributed by atoms with Crippen LogP contribution in [0.5, 0.6) is 0 Å². The molecule has 2 N–H and O–H groups in total. The Bertz CT molecular complexity index is 854. The minimum atomic E-state index is -0.265. The Labute approximate surface area is 126 Å². The Morgan fingerprint density at radius 3 is 2.59 bits per heavy atom. The van der Waals surface area contributed by atoms with Gasteiger partial charge in [-0.1, -0.05) is 6.07 Å². The first-order chi connectivity index (χ1) is 10.6. The van der Waals surface area contributed by atoms with Gasteiger partial charge in [0.15, 0.2) is 12.0 Å². The highest BCUT2D eigenvalue weighted by molar-refractivity contribution is 6.06. The maximum atomic E-state index is 12.3. The minimum Gasteiger partial charge on any atom is -0.443 e. The molecular formula is C16H13N3O3. The average Bonchev–Trinajstić information content (AvgIpc) is 2.94. The van der Waals surface area contributed by atoms with Crippen LogP contribution in [-0.2, 0) is 4.79 Å². The number of hydrogen-bond acceptors (Lipinski definition) is 4. The van der Waals surface area contributed by atoms with Gasteiger partial charge in [-0.05, 0) is 36.4 Å². The number of nitrogens with zero attached hydrogens (tertiary/aromatic N) is 1. The highest BCUT2D eigenvalue weighted by Gasteiger charge is 2.09. The summed E-state index contributed by atoms with van der Waals surface area (Å²) in [6, 6.07) is 12.0. The number of amides is 2. The molecule has 0 aliphatic rings. The van der Waals surface area contributed by atoms with Crippen molar-refractivity contribution in [2.45, 2.75) is 6.92 Å². The number of carbonyl (C=O) groups excluding carboxylic acids is 2. The van der Waals surface area contributed by atoms with Crippen molar-refractivity contribution < 1.29 is 14.0 Å². The second-order valence-corrected chi connectivity index (χ2v) is 4.75. The van der Waals surface area contributed by atoms with E-state index in [2.05, 4.69) is 15.6 Å². The largest absolute Gasteiger partial charge is 0.443 e. The molecule has 0 aliphatic heterocycles. The van der Waals surface area contributed by atoms with E-state index in [1.54, 1.807) is 42.5 Å². The number of benzene rings is 2. The van der Waals surface area contributed by atoms with Gasteiger partial charge in [0.2, 0.25) is 5.91 Å². The summed E-state index contributed by atoms with van der Waals surface area (Å²) in [6.45, 7) is 1.43. The molecule has 0 saturated carbocycles. The first kappa shape index (κ1) is 13.8.